The average molecular weight is 322 g/mol. The predicted octanol–water partition coefficient (Wildman–Crippen LogP) is 6.24. The van der Waals surface area contributed by atoms with E-state index in [-0.39, 0.29) is 10.8 Å². The molecule has 0 bridgehead atoms. The summed E-state index contributed by atoms with van der Waals surface area (Å²) >= 11 is 0. The molecule has 0 aliphatic heterocycles. The van der Waals surface area contributed by atoms with E-state index in [0.29, 0.717) is 5.75 Å². The molecular formula is C23H30O. The van der Waals surface area contributed by atoms with E-state index in [2.05, 4.69) is 84.0 Å². The van der Waals surface area contributed by atoms with Gasteiger partial charge in [-0.05, 0) is 40.0 Å². The molecule has 24 heavy (non-hydrogen) atoms. The number of phenols is 1. The highest BCUT2D eigenvalue weighted by molar-refractivity contribution is 5.54. The standard InChI is InChI=1S/C23H30O/c1-22(2,3)20-18(14-10-13-17-11-8-7-9-12-17)15-16-19(24)21(20)23(4,5)6/h7-13,15-16,24H,14H2,1-6H3/b13-10+. The van der Waals surface area contributed by atoms with Crippen LogP contribution in [0.1, 0.15) is 63.8 Å². The van der Waals surface area contributed by atoms with Crippen molar-refractivity contribution in [2.24, 2.45) is 0 Å². The minimum atomic E-state index is -0.0914. The molecule has 0 amide bonds. The van der Waals surface area contributed by atoms with Crippen molar-refractivity contribution in [3.05, 3.63) is 70.8 Å². The molecule has 0 radical (unpaired) electrons. The highest BCUT2D eigenvalue weighted by Gasteiger charge is 2.29. The van der Waals surface area contributed by atoms with Crippen LogP contribution in [0.25, 0.3) is 6.08 Å². The second-order valence-electron chi connectivity index (χ2n) is 8.51. The molecule has 0 aliphatic rings. The zero-order valence-electron chi connectivity index (χ0n) is 15.9. The molecule has 2 aromatic rings. The third-order valence-electron chi connectivity index (χ3n) is 4.22. The largest absolute Gasteiger partial charge is 0.508 e. The first-order chi connectivity index (χ1) is 11.1. The molecule has 0 aromatic heterocycles. The normalized spacial score (nSPS) is 12.8. The van der Waals surface area contributed by atoms with Gasteiger partial charge in [-0.2, -0.15) is 0 Å². The second-order valence-corrected chi connectivity index (χ2v) is 8.51. The molecule has 0 unspecified atom stereocenters. The number of aromatic hydroxyl groups is 1. The van der Waals surface area contributed by atoms with E-state index in [1.807, 2.05) is 12.1 Å². The molecule has 0 atom stereocenters. The van der Waals surface area contributed by atoms with Crippen LogP contribution in [-0.4, -0.2) is 5.11 Å². The Morgan fingerprint density at radius 3 is 1.92 bits per heavy atom. The van der Waals surface area contributed by atoms with Gasteiger partial charge in [-0.15, -0.1) is 0 Å². The lowest BCUT2D eigenvalue weighted by Crippen LogP contribution is -2.24. The van der Waals surface area contributed by atoms with Crippen LogP contribution in [0.15, 0.2) is 48.5 Å². The van der Waals surface area contributed by atoms with Gasteiger partial charge in [-0.1, -0.05) is 90.1 Å². The lowest BCUT2D eigenvalue weighted by Gasteiger charge is -2.33. The Morgan fingerprint density at radius 1 is 0.792 bits per heavy atom. The minimum Gasteiger partial charge on any atom is -0.508 e. The maximum Gasteiger partial charge on any atom is 0.119 e. The van der Waals surface area contributed by atoms with E-state index < -0.39 is 0 Å². The summed E-state index contributed by atoms with van der Waals surface area (Å²) in [5.74, 6) is 0.406. The average Bonchev–Trinajstić information content (AvgIpc) is 2.47. The van der Waals surface area contributed by atoms with Crippen LogP contribution in [0.4, 0.5) is 0 Å². The molecular weight excluding hydrogens is 292 g/mol. The summed E-state index contributed by atoms with van der Waals surface area (Å²) in [5.41, 5.74) is 4.73. The van der Waals surface area contributed by atoms with Crippen LogP contribution in [0, 0.1) is 0 Å². The van der Waals surface area contributed by atoms with Crippen molar-refractivity contribution in [3.8, 4) is 5.75 Å². The highest BCUT2D eigenvalue weighted by atomic mass is 16.3. The maximum atomic E-state index is 10.5. The Balaban J connectivity index is 2.45. The fraction of sp³-hybridized carbons (Fsp3) is 0.391. The van der Waals surface area contributed by atoms with E-state index in [1.165, 1.54) is 16.7 Å². The van der Waals surface area contributed by atoms with Gasteiger partial charge in [0.25, 0.3) is 0 Å². The summed E-state index contributed by atoms with van der Waals surface area (Å²) in [6.45, 7) is 13.2. The number of phenolic OH excluding ortho intramolecular Hbond substituents is 1. The van der Waals surface area contributed by atoms with Crippen molar-refractivity contribution in [3.63, 3.8) is 0 Å². The smallest absolute Gasteiger partial charge is 0.119 e. The lowest BCUT2D eigenvalue weighted by molar-refractivity contribution is 0.434. The van der Waals surface area contributed by atoms with Crippen LogP contribution < -0.4 is 0 Å². The molecule has 0 saturated carbocycles. The number of rotatable bonds is 3. The summed E-state index contributed by atoms with van der Waals surface area (Å²) in [4.78, 5) is 0. The van der Waals surface area contributed by atoms with Crippen LogP contribution >= 0.6 is 0 Å². The van der Waals surface area contributed by atoms with Gasteiger partial charge < -0.3 is 5.11 Å². The summed E-state index contributed by atoms with van der Waals surface area (Å²) in [6, 6.07) is 14.3. The fourth-order valence-electron chi connectivity index (χ4n) is 3.31. The first kappa shape index (κ1) is 18.3. The van der Waals surface area contributed by atoms with E-state index in [1.54, 1.807) is 0 Å². The quantitative estimate of drug-likeness (QED) is 0.709. The van der Waals surface area contributed by atoms with E-state index in [9.17, 15) is 5.11 Å². The first-order valence-corrected chi connectivity index (χ1v) is 8.68. The lowest BCUT2D eigenvalue weighted by atomic mass is 9.72. The monoisotopic (exact) mass is 322 g/mol. The number of benzene rings is 2. The van der Waals surface area contributed by atoms with Gasteiger partial charge in [0.05, 0.1) is 0 Å². The third-order valence-corrected chi connectivity index (χ3v) is 4.22. The minimum absolute atomic E-state index is 0.0166. The molecule has 1 heteroatoms. The van der Waals surface area contributed by atoms with Gasteiger partial charge in [0, 0.05) is 5.56 Å². The maximum absolute atomic E-state index is 10.5. The van der Waals surface area contributed by atoms with Crippen molar-refractivity contribution in [2.45, 2.75) is 58.8 Å². The zero-order chi connectivity index (χ0) is 18.0. The molecule has 0 spiro atoms. The third kappa shape index (κ3) is 4.29. The van der Waals surface area contributed by atoms with Crippen LogP contribution in [0.5, 0.6) is 5.75 Å². The summed E-state index contributed by atoms with van der Waals surface area (Å²) in [7, 11) is 0. The van der Waals surface area contributed by atoms with Gasteiger partial charge in [-0.3, -0.25) is 0 Å². The Labute approximate surface area is 147 Å². The molecule has 0 fully saturated rings. The van der Waals surface area contributed by atoms with Crippen molar-refractivity contribution in [1.29, 1.82) is 0 Å². The van der Waals surface area contributed by atoms with E-state index >= 15 is 0 Å². The van der Waals surface area contributed by atoms with Gasteiger partial charge in [-0.25, -0.2) is 0 Å². The van der Waals surface area contributed by atoms with Gasteiger partial charge in [0.1, 0.15) is 5.75 Å². The van der Waals surface area contributed by atoms with Crippen molar-refractivity contribution < 1.29 is 5.11 Å². The van der Waals surface area contributed by atoms with Gasteiger partial charge >= 0.3 is 0 Å². The van der Waals surface area contributed by atoms with E-state index in [0.717, 1.165) is 12.0 Å². The number of hydrogen-bond donors (Lipinski definition) is 1. The van der Waals surface area contributed by atoms with Crippen molar-refractivity contribution in [1.82, 2.24) is 0 Å². The number of hydrogen-bond acceptors (Lipinski definition) is 1. The molecule has 1 nitrogen and oxygen atoms in total. The SMILES string of the molecule is CC(C)(C)c1c(O)ccc(C/C=C/c2ccccc2)c1C(C)(C)C. The molecule has 0 saturated heterocycles. The molecule has 0 heterocycles. The highest BCUT2D eigenvalue weighted by Crippen LogP contribution is 2.41. The second kappa shape index (κ2) is 6.84. The van der Waals surface area contributed by atoms with Crippen LogP contribution in [-0.2, 0) is 17.3 Å². The molecule has 1 N–H and O–H groups in total. The zero-order valence-corrected chi connectivity index (χ0v) is 15.9. The predicted molar refractivity (Wildman–Crippen MR) is 105 cm³/mol. The number of allylic oxidation sites excluding steroid dienone is 1. The fourth-order valence-corrected chi connectivity index (χ4v) is 3.31. The summed E-state index contributed by atoms with van der Waals surface area (Å²) in [5, 5.41) is 10.5. The van der Waals surface area contributed by atoms with Gasteiger partial charge in [0.2, 0.25) is 0 Å². The Hall–Kier alpha value is -2.02. The molecule has 0 aliphatic carbocycles. The summed E-state index contributed by atoms with van der Waals surface area (Å²) in [6.07, 6.45) is 5.24. The Kier molecular flexibility index (Phi) is 5.22. The summed E-state index contributed by atoms with van der Waals surface area (Å²) < 4.78 is 0. The van der Waals surface area contributed by atoms with Crippen molar-refractivity contribution >= 4 is 6.08 Å². The van der Waals surface area contributed by atoms with Crippen LogP contribution in [0.2, 0.25) is 0 Å². The van der Waals surface area contributed by atoms with Gasteiger partial charge in [0.15, 0.2) is 0 Å². The Morgan fingerprint density at radius 2 is 1.38 bits per heavy atom. The van der Waals surface area contributed by atoms with Crippen LogP contribution in [0.3, 0.4) is 0 Å². The van der Waals surface area contributed by atoms with E-state index in [4.69, 9.17) is 0 Å². The topological polar surface area (TPSA) is 20.2 Å². The van der Waals surface area contributed by atoms with Crippen molar-refractivity contribution in [2.75, 3.05) is 0 Å². The molecule has 2 rings (SSSR count). The molecule has 128 valence electrons. The Bertz CT molecular complexity index is 710. The first-order valence-electron chi connectivity index (χ1n) is 8.68. The molecule has 2 aromatic carbocycles.